The second-order valence-electron chi connectivity index (χ2n) is 2.04. The number of guanidine groups is 1. The van der Waals surface area contributed by atoms with E-state index >= 15 is 0 Å². The van der Waals surface area contributed by atoms with Crippen LogP contribution in [0.2, 0.25) is 0 Å². The van der Waals surface area contributed by atoms with E-state index in [9.17, 15) is 0 Å². The minimum absolute atomic E-state index is 0.185. The first-order chi connectivity index (χ1) is 5.04. The summed E-state index contributed by atoms with van der Waals surface area (Å²) >= 11 is 11.5. The fourth-order valence-electron chi connectivity index (χ4n) is 0.728. The molecule has 0 radical (unpaired) electrons. The zero-order valence-corrected chi connectivity index (χ0v) is 7.10. The van der Waals surface area contributed by atoms with E-state index in [1.807, 2.05) is 0 Å². The van der Waals surface area contributed by atoms with Gasteiger partial charge in [-0.15, -0.1) is 0 Å². The Balaban J connectivity index is 2.89. The zero-order valence-electron chi connectivity index (χ0n) is 5.59. The minimum Gasteiger partial charge on any atom is -0.370 e. The van der Waals surface area contributed by atoms with Crippen molar-refractivity contribution in [3.05, 3.63) is 24.4 Å². The topological polar surface area (TPSA) is 53.1 Å². The predicted molar refractivity (Wildman–Crippen MR) is 46.5 cm³/mol. The first-order valence-electron chi connectivity index (χ1n) is 2.91. The second-order valence-corrected chi connectivity index (χ2v) is 3.39. The summed E-state index contributed by atoms with van der Waals surface area (Å²) in [4.78, 5) is 1.25. The highest BCUT2D eigenvalue weighted by atomic mass is 35.5. The Morgan fingerprint density at radius 1 is 1.45 bits per heavy atom. The van der Waals surface area contributed by atoms with Gasteiger partial charge in [-0.3, -0.25) is 10.3 Å². The third-order valence-electron chi connectivity index (χ3n) is 1.22. The predicted octanol–water partition coefficient (Wildman–Crippen LogP) is 1.40. The van der Waals surface area contributed by atoms with Crippen molar-refractivity contribution < 1.29 is 0 Å². The Hall–Kier alpha value is -0.670. The largest absolute Gasteiger partial charge is 0.370 e. The van der Waals surface area contributed by atoms with Gasteiger partial charge in [-0.2, -0.15) is 0 Å². The van der Waals surface area contributed by atoms with Crippen molar-refractivity contribution in [2.24, 2.45) is 5.73 Å². The highest BCUT2D eigenvalue weighted by molar-refractivity contribution is 6.50. The number of nitrogens with zero attached hydrogens (tertiary/aromatic N) is 1. The lowest BCUT2D eigenvalue weighted by Crippen LogP contribution is -2.43. The van der Waals surface area contributed by atoms with Gasteiger partial charge in [-0.05, 0) is 12.2 Å². The Kier molecular flexibility index (Phi) is 2.11. The van der Waals surface area contributed by atoms with Gasteiger partial charge in [-0.1, -0.05) is 29.3 Å². The quantitative estimate of drug-likeness (QED) is 0.264. The minimum atomic E-state index is -1.22. The molecule has 0 unspecified atom stereocenters. The lowest BCUT2D eigenvalue weighted by atomic mass is 10.3. The van der Waals surface area contributed by atoms with Crippen LogP contribution < -0.4 is 5.73 Å². The molecule has 0 aromatic heterocycles. The summed E-state index contributed by atoms with van der Waals surface area (Å²) in [5.41, 5.74) is 5.20. The summed E-state index contributed by atoms with van der Waals surface area (Å²) < 4.78 is -1.22. The van der Waals surface area contributed by atoms with Crippen LogP contribution in [0.4, 0.5) is 0 Å². The molecule has 0 spiro atoms. The second kappa shape index (κ2) is 2.75. The van der Waals surface area contributed by atoms with Gasteiger partial charge in [0, 0.05) is 6.20 Å². The molecule has 0 bridgehead atoms. The molecule has 0 aromatic carbocycles. The molecular weight excluding hydrogens is 185 g/mol. The van der Waals surface area contributed by atoms with Crippen LogP contribution in [0.15, 0.2) is 24.4 Å². The monoisotopic (exact) mass is 191 g/mol. The van der Waals surface area contributed by atoms with Gasteiger partial charge in [-0.25, -0.2) is 0 Å². The molecule has 3 nitrogen and oxygen atoms in total. The lowest BCUT2D eigenvalue weighted by molar-refractivity contribution is 0.516. The van der Waals surface area contributed by atoms with E-state index in [2.05, 4.69) is 0 Å². The summed E-state index contributed by atoms with van der Waals surface area (Å²) in [6.45, 7) is 0. The van der Waals surface area contributed by atoms with E-state index in [1.165, 1.54) is 11.0 Å². The first kappa shape index (κ1) is 8.43. The molecule has 0 saturated carbocycles. The molecule has 5 heteroatoms. The molecule has 60 valence electrons. The molecule has 0 aliphatic carbocycles. The maximum Gasteiger partial charge on any atom is 0.215 e. The average molecular weight is 192 g/mol. The van der Waals surface area contributed by atoms with Crippen molar-refractivity contribution >= 4 is 29.2 Å². The van der Waals surface area contributed by atoms with Crippen LogP contribution in [0.3, 0.4) is 0 Å². The Labute approximate surface area is 74.6 Å². The molecule has 1 aliphatic rings. The van der Waals surface area contributed by atoms with Gasteiger partial charge in [0.05, 0.1) is 0 Å². The number of nitrogens with two attached hydrogens (primary N) is 1. The summed E-state index contributed by atoms with van der Waals surface area (Å²) in [5, 5.41) is 7.09. The fourth-order valence-corrected chi connectivity index (χ4v) is 1.17. The number of nitrogens with one attached hydrogen (secondary N) is 1. The van der Waals surface area contributed by atoms with Crippen molar-refractivity contribution in [3.63, 3.8) is 0 Å². The van der Waals surface area contributed by atoms with Crippen molar-refractivity contribution in [3.8, 4) is 0 Å². The summed E-state index contributed by atoms with van der Waals surface area (Å²) in [7, 11) is 0. The number of hydrogen-bond acceptors (Lipinski definition) is 1. The molecular formula is C6H7Cl2N3. The summed E-state index contributed by atoms with van der Waals surface area (Å²) in [5.74, 6) is -0.185. The van der Waals surface area contributed by atoms with Gasteiger partial charge in [0.25, 0.3) is 0 Å². The number of rotatable bonds is 0. The molecule has 0 fully saturated rings. The molecule has 1 aliphatic heterocycles. The van der Waals surface area contributed by atoms with Crippen LogP contribution in [-0.4, -0.2) is 15.3 Å². The maximum absolute atomic E-state index is 7.09. The van der Waals surface area contributed by atoms with E-state index in [-0.39, 0.29) is 5.96 Å². The van der Waals surface area contributed by atoms with Crippen LogP contribution in [0.5, 0.6) is 0 Å². The van der Waals surface area contributed by atoms with Crippen LogP contribution in [0, 0.1) is 5.41 Å². The van der Waals surface area contributed by atoms with Crippen molar-refractivity contribution in [2.45, 2.75) is 4.46 Å². The standard InChI is InChI=1S/C6H7Cl2N3/c7-6(8)3-1-2-4-11(6)5(9)10/h1-4H,(H3,9,10). The average Bonchev–Trinajstić information content (AvgIpc) is 1.85. The van der Waals surface area contributed by atoms with E-state index in [1.54, 1.807) is 18.4 Å². The smallest absolute Gasteiger partial charge is 0.215 e. The molecule has 11 heavy (non-hydrogen) atoms. The molecule has 0 amide bonds. The Morgan fingerprint density at radius 2 is 2.09 bits per heavy atom. The normalized spacial score (nSPS) is 20.4. The van der Waals surface area contributed by atoms with Crippen molar-refractivity contribution in [2.75, 3.05) is 0 Å². The van der Waals surface area contributed by atoms with Crippen molar-refractivity contribution in [1.29, 1.82) is 5.41 Å². The first-order valence-corrected chi connectivity index (χ1v) is 3.67. The van der Waals surface area contributed by atoms with E-state index in [0.29, 0.717) is 0 Å². The fraction of sp³-hybridized carbons (Fsp3) is 0.167. The van der Waals surface area contributed by atoms with Crippen LogP contribution in [0.1, 0.15) is 0 Å². The van der Waals surface area contributed by atoms with E-state index < -0.39 is 4.46 Å². The zero-order chi connectivity index (χ0) is 8.48. The van der Waals surface area contributed by atoms with Crippen LogP contribution in [0.25, 0.3) is 0 Å². The van der Waals surface area contributed by atoms with Gasteiger partial charge in [0.2, 0.25) is 4.46 Å². The third-order valence-corrected chi connectivity index (χ3v) is 1.84. The molecule has 1 heterocycles. The lowest BCUT2D eigenvalue weighted by Gasteiger charge is -2.30. The number of alkyl halides is 2. The summed E-state index contributed by atoms with van der Waals surface area (Å²) in [6, 6.07) is 0. The van der Waals surface area contributed by atoms with Gasteiger partial charge >= 0.3 is 0 Å². The van der Waals surface area contributed by atoms with Crippen molar-refractivity contribution in [1.82, 2.24) is 4.90 Å². The van der Waals surface area contributed by atoms with Gasteiger partial charge in [0.15, 0.2) is 5.96 Å². The number of allylic oxidation sites excluding steroid dienone is 2. The number of halogens is 2. The molecule has 3 N–H and O–H groups in total. The van der Waals surface area contributed by atoms with Crippen LogP contribution in [-0.2, 0) is 0 Å². The van der Waals surface area contributed by atoms with Gasteiger partial charge < -0.3 is 5.73 Å². The summed E-state index contributed by atoms with van der Waals surface area (Å²) in [6.07, 6.45) is 6.48. The van der Waals surface area contributed by atoms with E-state index in [4.69, 9.17) is 34.3 Å². The highest BCUT2D eigenvalue weighted by Gasteiger charge is 2.30. The SMILES string of the molecule is N=C(N)N1C=CC=CC1(Cl)Cl. The maximum atomic E-state index is 7.09. The molecule has 0 atom stereocenters. The molecule has 0 aromatic rings. The highest BCUT2D eigenvalue weighted by Crippen LogP contribution is 2.29. The van der Waals surface area contributed by atoms with Crippen LogP contribution >= 0.6 is 23.2 Å². The Morgan fingerprint density at radius 3 is 2.45 bits per heavy atom. The molecule has 1 rings (SSSR count). The molecule has 0 saturated heterocycles. The van der Waals surface area contributed by atoms with Gasteiger partial charge in [0.1, 0.15) is 0 Å². The Bertz CT molecular complexity index is 232. The number of hydrogen-bond donors (Lipinski definition) is 2. The van der Waals surface area contributed by atoms with E-state index in [0.717, 1.165) is 0 Å². The third kappa shape index (κ3) is 1.67.